The smallest absolute Gasteiger partial charge is 0.138 e. The van der Waals surface area contributed by atoms with Crippen LogP contribution in [0.2, 0.25) is 0 Å². The lowest BCUT2D eigenvalue weighted by atomic mass is 9.88. The number of aryl methyl sites for hydroxylation is 3. The molecular formula is C57H48N4OS. The Bertz CT molecular complexity index is 3400. The van der Waals surface area contributed by atoms with Crippen LogP contribution in [0.1, 0.15) is 54.2 Å². The van der Waals surface area contributed by atoms with E-state index in [0.29, 0.717) is 6.67 Å². The molecule has 0 saturated carbocycles. The number of hydrogen-bond acceptors (Lipinski definition) is 5. The number of thiophene rings is 1. The van der Waals surface area contributed by atoms with Crippen LogP contribution in [0.4, 0.5) is 11.4 Å². The van der Waals surface area contributed by atoms with E-state index in [2.05, 4.69) is 220 Å². The Hall–Kier alpha value is -7.15. The van der Waals surface area contributed by atoms with E-state index < -0.39 is 0 Å². The number of para-hydroxylation sites is 1. The number of rotatable bonds is 7. The molecule has 1 aliphatic rings. The Morgan fingerprint density at radius 1 is 0.587 bits per heavy atom. The maximum absolute atomic E-state index is 7.26. The van der Waals surface area contributed by atoms with Gasteiger partial charge in [-0.1, -0.05) is 142 Å². The van der Waals surface area contributed by atoms with Gasteiger partial charge in [0.15, 0.2) is 0 Å². The van der Waals surface area contributed by atoms with Crippen molar-refractivity contribution >= 4 is 76.1 Å². The van der Waals surface area contributed by atoms with Crippen molar-refractivity contribution in [2.75, 3.05) is 16.5 Å². The van der Waals surface area contributed by atoms with Crippen molar-refractivity contribution in [2.45, 2.75) is 47.0 Å². The molecule has 0 atom stereocenters. The summed E-state index contributed by atoms with van der Waals surface area (Å²) in [7, 11) is 0. The molecule has 0 aliphatic carbocycles. The summed E-state index contributed by atoms with van der Waals surface area (Å²) in [5, 5.41) is 4.74. The minimum absolute atomic E-state index is 0.0317. The normalized spacial score (nSPS) is 13.4. The fourth-order valence-corrected chi connectivity index (χ4v) is 11.1. The van der Waals surface area contributed by atoms with Gasteiger partial charge in [0.05, 0.1) is 22.4 Å². The molecule has 0 bridgehead atoms. The summed E-state index contributed by atoms with van der Waals surface area (Å²) in [5.41, 5.74) is 14.1. The second-order valence-corrected chi connectivity index (χ2v) is 18.9. The van der Waals surface area contributed by atoms with Crippen LogP contribution < -0.4 is 14.5 Å². The first-order valence-electron chi connectivity index (χ1n) is 21.7. The quantitative estimate of drug-likeness (QED) is 0.160. The van der Waals surface area contributed by atoms with E-state index in [1.807, 2.05) is 17.5 Å². The molecule has 63 heavy (non-hydrogen) atoms. The second kappa shape index (κ2) is 15.0. The second-order valence-electron chi connectivity index (χ2n) is 17.8. The number of nitrogens with zero attached hydrogens (tertiary/aromatic N) is 4. The van der Waals surface area contributed by atoms with Crippen LogP contribution in [0, 0.1) is 20.8 Å². The minimum Gasteiger partial charge on any atom is -0.457 e. The molecule has 7 aromatic carbocycles. The first-order chi connectivity index (χ1) is 30.6. The summed E-state index contributed by atoms with van der Waals surface area (Å²) in [6.45, 7) is 14.0. The van der Waals surface area contributed by atoms with Crippen molar-refractivity contribution in [3.8, 4) is 17.3 Å². The number of anilines is 2. The highest BCUT2D eigenvalue weighted by molar-refractivity contribution is 7.26. The summed E-state index contributed by atoms with van der Waals surface area (Å²) in [6.07, 6.45) is 1.94. The number of ether oxygens (including phenoxy) is 1. The molecule has 0 amide bonds. The Kier molecular flexibility index (Phi) is 9.25. The topological polar surface area (TPSA) is 33.5 Å². The number of aromatic nitrogens is 2. The summed E-state index contributed by atoms with van der Waals surface area (Å²) in [5.74, 6) is 2.49. The third kappa shape index (κ3) is 6.56. The summed E-state index contributed by atoms with van der Waals surface area (Å²) in [4.78, 5) is 9.96. The molecule has 0 N–H and O–H groups in total. The van der Waals surface area contributed by atoms with E-state index in [-0.39, 0.29) is 5.41 Å². The molecule has 11 rings (SSSR count). The summed E-state index contributed by atoms with van der Waals surface area (Å²) >= 11 is 1.83. The van der Waals surface area contributed by atoms with Gasteiger partial charge in [-0.05, 0) is 79.3 Å². The van der Waals surface area contributed by atoms with Crippen molar-refractivity contribution in [3.05, 3.63) is 203 Å². The highest BCUT2D eigenvalue weighted by Gasteiger charge is 2.34. The molecule has 3 aromatic heterocycles. The van der Waals surface area contributed by atoms with Gasteiger partial charge in [0.2, 0.25) is 0 Å². The Balaban J connectivity index is 1.11. The molecule has 308 valence electrons. The van der Waals surface area contributed by atoms with Crippen LogP contribution in [0.5, 0.6) is 11.5 Å². The van der Waals surface area contributed by atoms with Gasteiger partial charge in [-0.3, -0.25) is 4.57 Å². The molecule has 1 aliphatic heterocycles. The summed E-state index contributed by atoms with van der Waals surface area (Å²) in [6, 6.07) is 58.9. The largest absolute Gasteiger partial charge is 0.457 e. The Morgan fingerprint density at radius 3 is 1.95 bits per heavy atom. The van der Waals surface area contributed by atoms with Crippen LogP contribution in [-0.2, 0) is 5.41 Å². The molecule has 5 nitrogen and oxygen atoms in total. The Labute approximate surface area is 372 Å². The molecule has 0 unspecified atom stereocenters. The molecular weight excluding hydrogens is 789 g/mol. The van der Waals surface area contributed by atoms with E-state index in [0.717, 1.165) is 50.7 Å². The molecule has 0 spiro atoms. The van der Waals surface area contributed by atoms with Gasteiger partial charge < -0.3 is 14.5 Å². The fraction of sp³-hybridized carbons (Fsp3) is 0.140. The number of benzene rings is 7. The monoisotopic (exact) mass is 836 g/mol. The third-order valence-corrected chi connectivity index (χ3v) is 13.7. The van der Waals surface area contributed by atoms with Gasteiger partial charge in [-0.2, -0.15) is 0 Å². The average Bonchev–Trinajstić information content (AvgIpc) is 3.97. The van der Waals surface area contributed by atoms with Gasteiger partial charge in [0.25, 0.3) is 0 Å². The zero-order valence-corrected chi connectivity index (χ0v) is 37.3. The molecule has 4 heterocycles. The van der Waals surface area contributed by atoms with E-state index in [9.17, 15) is 0 Å². The maximum atomic E-state index is 7.26. The molecule has 0 saturated heterocycles. The van der Waals surface area contributed by atoms with Crippen LogP contribution in [0.3, 0.4) is 0 Å². The minimum atomic E-state index is -0.0317. The maximum Gasteiger partial charge on any atom is 0.138 e. The highest BCUT2D eigenvalue weighted by atomic mass is 32.1. The highest BCUT2D eigenvalue weighted by Crippen LogP contribution is 2.50. The van der Waals surface area contributed by atoms with E-state index >= 15 is 0 Å². The van der Waals surface area contributed by atoms with E-state index in [4.69, 9.17) is 9.72 Å². The number of hydrogen-bond donors (Lipinski definition) is 0. The average molecular weight is 837 g/mol. The first kappa shape index (κ1) is 38.7. The zero-order chi connectivity index (χ0) is 43.0. The van der Waals surface area contributed by atoms with Crippen molar-refractivity contribution in [2.24, 2.45) is 0 Å². The lowest BCUT2D eigenvalue weighted by molar-refractivity contribution is 0.489. The first-order valence-corrected chi connectivity index (χ1v) is 22.5. The Morgan fingerprint density at radius 2 is 1.24 bits per heavy atom. The van der Waals surface area contributed by atoms with Crippen molar-refractivity contribution in [3.63, 3.8) is 0 Å². The predicted octanol–water partition coefficient (Wildman–Crippen LogP) is 15.4. The molecule has 0 radical (unpaired) electrons. The van der Waals surface area contributed by atoms with Gasteiger partial charge >= 0.3 is 0 Å². The number of fused-ring (bicyclic) bond motifs is 7. The van der Waals surface area contributed by atoms with E-state index in [1.54, 1.807) is 0 Å². The summed E-state index contributed by atoms with van der Waals surface area (Å²) < 4.78 is 12.0. The standard InChI is InChI=1S/C57H48N4OS/c1-36-30-37(2)53(38(3)31-36)60-35-59(54(39-18-9-7-10-19-39)55(60)40-20-11-8-12-21-40)42-22-17-23-43(33-42)62-48-34-47-51(56-52(48)45-25-14-16-27-49(45)63-56)44-24-13-15-26-46(44)61(47)50-32-41(28-29-58-50)57(4,5)6/h7-34H,35H2,1-6H3. The third-order valence-electron chi connectivity index (χ3n) is 12.5. The van der Waals surface area contributed by atoms with E-state index in [1.165, 1.54) is 64.8 Å². The molecule has 0 fully saturated rings. The van der Waals surface area contributed by atoms with Crippen LogP contribution in [-0.4, -0.2) is 16.2 Å². The van der Waals surface area contributed by atoms with Gasteiger partial charge in [-0.25, -0.2) is 4.98 Å². The predicted molar refractivity (Wildman–Crippen MR) is 267 cm³/mol. The molecule has 6 heteroatoms. The lowest BCUT2D eigenvalue weighted by Crippen LogP contribution is -2.28. The van der Waals surface area contributed by atoms with Gasteiger partial charge in [-0.15, -0.1) is 11.3 Å². The lowest BCUT2D eigenvalue weighted by Gasteiger charge is -2.28. The molecule has 10 aromatic rings. The van der Waals surface area contributed by atoms with Crippen molar-refractivity contribution < 1.29 is 4.74 Å². The van der Waals surface area contributed by atoms with Crippen LogP contribution >= 0.6 is 11.3 Å². The van der Waals surface area contributed by atoms with Crippen LogP contribution in [0.15, 0.2) is 170 Å². The fourth-order valence-electron chi connectivity index (χ4n) is 9.78. The van der Waals surface area contributed by atoms with Gasteiger partial charge in [0, 0.05) is 71.8 Å². The van der Waals surface area contributed by atoms with Gasteiger partial charge in [0.1, 0.15) is 24.0 Å². The zero-order valence-electron chi connectivity index (χ0n) is 36.5. The number of pyridine rings is 1. The van der Waals surface area contributed by atoms with Crippen LogP contribution in [0.25, 0.3) is 59.2 Å². The SMILES string of the molecule is Cc1cc(C)c(N2CN(c3cccc(Oc4cc5c(c6ccccc6n5-c5cc(C(C)(C)C)ccn5)c5sc6ccccc6c45)c3)C(c3ccccc3)=C2c2ccccc2)c(C)c1. The van der Waals surface area contributed by atoms with Crippen molar-refractivity contribution in [1.82, 2.24) is 9.55 Å². The van der Waals surface area contributed by atoms with Crippen molar-refractivity contribution in [1.29, 1.82) is 0 Å².